The molecule has 5 N–H and O–H groups in total. The minimum Gasteiger partial charge on any atom is -0.396 e. The van der Waals surface area contributed by atoms with E-state index in [0.29, 0.717) is 69.8 Å². The number of hydrogen-bond acceptors (Lipinski definition) is 12. The smallest absolute Gasteiger partial charge is 0.296 e. The fourth-order valence-corrected chi connectivity index (χ4v) is 10.8. The van der Waals surface area contributed by atoms with Crippen LogP contribution in [0.15, 0.2) is 47.6 Å². The predicted octanol–water partition coefficient (Wildman–Crippen LogP) is 6.03. The zero-order chi connectivity index (χ0) is 48.2. The summed E-state index contributed by atoms with van der Waals surface area (Å²) in [6.45, 7) is 12.2. The Kier molecular flexibility index (Phi) is 21.2. The number of piperidine rings is 1. The van der Waals surface area contributed by atoms with Gasteiger partial charge in [-0.1, -0.05) is 71.1 Å². The molecule has 13 nitrogen and oxygen atoms in total. The molecule has 366 valence electrons. The van der Waals surface area contributed by atoms with Gasteiger partial charge >= 0.3 is 0 Å². The van der Waals surface area contributed by atoms with Crippen molar-refractivity contribution < 1.29 is 59.0 Å². The molecule has 4 aliphatic rings. The van der Waals surface area contributed by atoms with Gasteiger partial charge in [0.1, 0.15) is 11.6 Å². The molecule has 0 radical (unpaired) electrons. The van der Waals surface area contributed by atoms with Crippen LogP contribution < -0.4 is 0 Å². The Labute approximate surface area is 387 Å². The van der Waals surface area contributed by atoms with Crippen LogP contribution in [0.3, 0.4) is 0 Å². The zero-order valence-electron chi connectivity index (χ0n) is 40.4. The Morgan fingerprint density at radius 2 is 1.55 bits per heavy atom. The first-order valence-corrected chi connectivity index (χ1v) is 24.4. The normalized spacial score (nSPS) is 39.2. The van der Waals surface area contributed by atoms with Crippen molar-refractivity contribution in [1.29, 1.82) is 0 Å². The largest absolute Gasteiger partial charge is 0.396 e. The maximum Gasteiger partial charge on any atom is 0.296 e. The number of hydrogen-bond donors (Lipinski definition) is 5. The van der Waals surface area contributed by atoms with Gasteiger partial charge < -0.3 is 39.9 Å². The minimum absolute atomic E-state index is 0.000160. The third-order valence-electron chi connectivity index (χ3n) is 15.2. The van der Waals surface area contributed by atoms with Crippen LogP contribution in [0.25, 0.3) is 0 Å². The molecule has 0 spiro atoms. The highest BCUT2D eigenvalue weighted by Gasteiger charge is 2.53. The summed E-state index contributed by atoms with van der Waals surface area (Å²) in [5.74, 6) is -8.84. The average molecular weight is 912 g/mol. The van der Waals surface area contributed by atoms with E-state index >= 15 is 0 Å². The van der Waals surface area contributed by atoms with Crippen molar-refractivity contribution in [1.82, 2.24) is 4.90 Å². The summed E-state index contributed by atoms with van der Waals surface area (Å²) in [5, 5.41) is 54.1. The van der Waals surface area contributed by atoms with Crippen molar-refractivity contribution in [2.45, 2.75) is 168 Å². The summed E-state index contributed by atoms with van der Waals surface area (Å²) in [7, 11) is 1.58. The topological polar surface area (TPSA) is 208 Å². The maximum atomic E-state index is 14.6. The first-order valence-electron chi connectivity index (χ1n) is 24.4. The standard InChI is InChI=1S/C52H81NO12/c1-31-14-10-9-11-15-32(2)47(64-8)28-41-19-17-37(7)52(63,65-41)50(61)51(62)53-21-13-12-16-43(53)46(58)27-39(33(3)24-38-18-20-44(56)40(25-38)29-54)26-45(57)34(4)23-36(6)49(60)42(30-55)48(59)35(5)22-31/h9-11,14-15,23,31,33-35,37-44,47,49,54-56,60,63H,12-13,16-22,24-30H2,1-8H3/b11-9?,14-10+,32-15?,36-23+/t31-,33-,34-,35-,37-,38?,39?,40+,41+,42+,43?,44-,47+,49-,52-/m1/s1. The summed E-state index contributed by atoms with van der Waals surface area (Å²) >= 11 is 0. The molecule has 65 heavy (non-hydrogen) atoms. The van der Waals surface area contributed by atoms with Gasteiger partial charge in [-0.3, -0.25) is 24.0 Å². The maximum absolute atomic E-state index is 14.6. The second-order valence-electron chi connectivity index (χ2n) is 20.3. The molecule has 0 aromatic rings. The van der Waals surface area contributed by atoms with E-state index in [-0.39, 0.29) is 67.0 Å². The van der Waals surface area contributed by atoms with Gasteiger partial charge in [0, 0.05) is 63.2 Å². The van der Waals surface area contributed by atoms with Crippen LogP contribution >= 0.6 is 0 Å². The number of amides is 1. The number of nitrogens with zero attached hydrogens (tertiary/aromatic N) is 1. The van der Waals surface area contributed by atoms with Gasteiger partial charge in [0.05, 0.1) is 43.0 Å². The monoisotopic (exact) mass is 912 g/mol. The number of ketones is 4. The summed E-state index contributed by atoms with van der Waals surface area (Å²) in [5.41, 5.74) is 1.26. The summed E-state index contributed by atoms with van der Waals surface area (Å²) in [4.78, 5) is 72.2. The number of methoxy groups -OCH3 is 1. The number of rotatable bonds is 6. The molecule has 1 amide bonds. The number of ether oxygens (including phenoxy) is 2. The number of carbonyl (C=O) groups excluding carboxylic acids is 5. The van der Waals surface area contributed by atoms with E-state index < -0.39 is 84.1 Å². The molecule has 2 saturated heterocycles. The van der Waals surface area contributed by atoms with Gasteiger partial charge in [0.2, 0.25) is 5.79 Å². The van der Waals surface area contributed by atoms with E-state index in [4.69, 9.17) is 9.47 Å². The first kappa shape index (κ1) is 54.4. The van der Waals surface area contributed by atoms with Gasteiger partial charge in [-0.05, 0) is 113 Å². The Bertz CT molecular complexity index is 1750. The molecule has 3 unspecified atom stereocenters. The first-order chi connectivity index (χ1) is 30.7. The summed E-state index contributed by atoms with van der Waals surface area (Å²) in [6.07, 6.45) is 14.0. The molecule has 3 fully saturated rings. The lowest BCUT2D eigenvalue weighted by molar-refractivity contribution is -0.265. The van der Waals surface area contributed by atoms with Gasteiger partial charge in [-0.15, -0.1) is 0 Å². The van der Waals surface area contributed by atoms with Crippen molar-refractivity contribution in [3.05, 3.63) is 47.6 Å². The highest BCUT2D eigenvalue weighted by molar-refractivity contribution is 6.39. The molecule has 13 heteroatoms. The molecular formula is C52H81NO12. The molecule has 3 aliphatic heterocycles. The van der Waals surface area contributed by atoms with Crippen LogP contribution in [0.2, 0.25) is 0 Å². The zero-order valence-corrected chi connectivity index (χ0v) is 40.4. The molecule has 0 aromatic carbocycles. The number of carbonyl (C=O) groups is 5. The molecule has 4 rings (SSSR count). The summed E-state index contributed by atoms with van der Waals surface area (Å²) in [6, 6.07) is -0.940. The van der Waals surface area contributed by atoms with Gasteiger partial charge in [0.15, 0.2) is 5.78 Å². The lowest BCUT2D eigenvalue weighted by atomic mass is 9.72. The van der Waals surface area contributed by atoms with E-state index in [1.54, 1.807) is 40.9 Å². The Morgan fingerprint density at radius 3 is 2.23 bits per heavy atom. The predicted molar refractivity (Wildman–Crippen MR) is 248 cm³/mol. The Hall–Kier alpha value is -3.17. The van der Waals surface area contributed by atoms with Crippen molar-refractivity contribution in [2.24, 2.45) is 53.3 Å². The molecular weight excluding hydrogens is 831 g/mol. The minimum atomic E-state index is -2.40. The van der Waals surface area contributed by atoms with Crippen LogP contribution in [-0.2, 0) is 33.4 Å². The van der Waals surface area contributed by atoms with E-state index in [0.717, 1.165) is 12.0 Å². The molecule has 3 heterocycles. The number of Topliss-reactive ketones (excluding diaryl/α,β-unsaturated/α-hetero) is 4. The number of allylic oxidation sites excluding steroid dienone is 6. The second-order valence-corrected chi connectivity index (χ2v) is 20.3. The van der Waals surface area contributed by atoms with Crippen molar-refractivity contribution >= 4 is 29.0 Å². The van der Waals surface area contributed by atoms with Gasteiger partial charge in [0.25, 0.3) is 11.7 Å². The molecule has 2 bridgehead atoms. The fraction of sp³-hybridized carbons (Fsp3) is 0.750. The Balaban J connectivity index is 1.70. The van der Waals surface area contributed by atoms with E-state index in [9.17, 15) is 49.5 Å². The summed E-state index contributed by atoms with van der Waals surface area (Å²) < 4.78 is 12.0. The third-order valence-corrected chi connectivity index (χ3v) is 15.2. The van der Waals surface area contributed by atoms with Crippen LogP contribution in [0, 0.1) is 53.3 Å². The molecule has 15 atom stereocenters. The van der Waals surface area contributed by atoms with Gasteiger partial charge in [-0.2, -0.15) is 0 Å². The highest BCUT2D eigenvalue weighted by Crippen LogP contribution is 2.39. The Morgan fingerprint density at radius 1 is 0.846 bits per heavy atom. The van der Waals surface area contributed by atoms with Crippen molar-refractivity contribution in [3.8, 4) is 0 Å². The van der Waals surface area contributed by atoms with E-state index in [1.807, 2.05) is 51.2 Å². The lowest BCUT2D eigenvalue weighted by Crippen LogP contribution is -2.60. The van der Waals surface area contributed by atoms with Crippen LogP contribution in [-0.4, -0.2) is 123 Å². The molecule has 0 aromatic heterocycles. The number of aliphatic hydroxyl groups excluding tert-OH is 4. The third kappa shape index (κ3) is 14.4. The van der Waals surface area contributed by atoms with Crippen LogP contribution in [0.1, 0.15) is 132 Å². The van der Waals surface area contributed by atoms with E-state index in [1.165, 1.54) is 4.90 Å². The van der Waals surface area contributed by atoms with Crippen molar-refractivity contribution in [3.63, 3.8) is 0 Å². The highest BCUT2D eigenvalue weighted by atomic mass is 16.6. The van der Waals surface area contributed by atoms with Gasteiger partial charge in [-0.25, -0.2) is 0 Å². The average Bonchev–Trinajstić information content (AvgIpc) is 3.28. The molecule has 1 aliphatic carbocycles. The number of fused-ring (bicyclic) bond motifs is 3. The van der Waals surface area contributed by atoms with E-state index in [2.05, 4.69) is 0 Å². The molecule has 1 saturated carbocycles. The lowest BCUT2D eigenvalue weighted by Gasteiger charge is -2.43. The van der Waals surface area contributed by atoms with Crippen molar-refractivity contribution in [2.75, 3.05) is 26.9 Å². The second kappa shape index (κ2) is 25.3. The SMILES string of the molecule is CO[C@H]1C[C@@H]2CC[C@@H](C)[C@@](O)(O2)C(=O)C(=O)N2CCCCC2C(=O)CC([C@H](C)CC2CC[C@@H](O)[C@H](CO)C2)CC(=O)[C@H](C)/C=C(\C)[C@@H](O)[C@@H](CO)C(=O)[C@H](C)C[C@H](C)/C=C/C=CC=C1C. The number of aliphatic hydroxyl groups is 5. The van der Waals surface area contributed by atoms with Crippen LogP contribution in [0.5, 0.6) is 0 Å². The van der Waals surface area contributed by atoms with Crippen LogP contribution in [0.4, 0.5) is 0 Å². The quantitative estimate of drug-likeness (QED) is 0.153. The fourth-order valence-electron chi connectivity index (χ4n) is 10.8.